The highest BCUT2D eigenvalue weighted by Gasteiger charge is 2.58. The summed E-state index contributed by atoms with van der Waals surface area (Å²) in [7, 11) is -4.06. The van der Waals surface area contributed by atoms with Crippen molar-refractivity contribution in [2.45, 2.75) is 147 Å². The van der Waals surface area contributed by atoms with Crippen LogP contribution in [-0.4, -0.2) is 91.0 Å². The number of methoxy groups -OCH3 is 1. The fourth-order valence-corrected chi connectivity index (χ4v) is 8.64. The number of aliphatic hydroxyl groups excluding tert-OH is 1. The van der Waals surface area contributed by atoms with Crippen LogP contribution in [0.2, 0.25) is 36.3 Å². The maximum atomic E-state index is 14.5. The number of nitrogens with one attached hydrogen (secondary N) is 2. The number of urea groups is 1. The van der Waals surface area contributed by atoms with Crippen molar-refractivity contribution >= 4 is 40.0 Å². The average Bonchev–Trinajstić information content (AvgIpc) is 3.46. The fraction of sp³-hybridized carbons (Fsp3) is 0.571. The summed E-state index contributed by atoms with van der Waals surface area (Å²) in [5.74, 6) is -0.393. The monoisotopic (exact) mass is 885 g/mol. The van der Waals surface area contributed by atoms with Gasteiger partial charge in [0.2, 0.25) is 0 Å². The number of esters is 1. The number of benzene rings is 2. The van der Waals surface area contributed by atoms with Crippen LogP contribution in [0.4, 0.5) is 16.2 Å². The zero-order valence-corrected chi connectivity index (χ0v) is 39.7. The van der Waals surface area contributed by atoms with Gasteiger partial charge in [-0.15, -0.1) is 0 Å². The van der Waals surface area contributed by atoms with E-state index in [2.05, 4.69) is 10.6 Å². The molecule has 3 N–H and O–H groups in total. The lowest BCUT2D eigenvalue weighted by molar-refractivity contribution is -0.384. The number of hydrogen-bond donors (Lipinski definition) is 3. The molecule has 1 fully saturated rings. The topological polar surface area (TPSA) is 212 Å². The number of ether oxygens (including phenoxy) is 3. The molecule has 1 aliphatic heterocycles. The average molecular weight is 886 g/mol. The summed E-state index contributed by atoms with van der Waals surface area (Å²) in [6.07, 6.45) is -5.49. The molecule has 336 valence electrons. The zero-order chi connectivity index (χ0) is 46.0. The van der Waals surface area contributed by atoms with Gasteiger partial charge >= 0.3 is 17.7 Å². The van der Waals surface area contributed by atoms with E-state index < -0.39 is 87.1 Å². The molecule has 0 radical (unpaired) electrons. The van der Waals surface area contributed by atoms with E-state index in [9.17, 15) is 34.4 Å². The van der Waals surface area contributed by atoms with Gasteiger partial charge < -0.3 is 38.8 Å². The van der Waals surface area contributed by atoms with Gasteiger partial charge in [-0.25, -0.2) is 14.4 Å². The highest BCUT2D eigenvalue weighted by atomic mass is 28.4. The molecule has 1 aromatic heterocycles. The maximum absolute atomic E-state index is 14.5. The van der Waals surface area contributed by atoms with E-state index >= 15 is 0 Å². The van der Waals surface area contributed by atoms with Crippen LogP contribution in [-0.2, 0) is 29.7 Å². The molecule has 61 heavy (non-hydrogen) atoms. The third-order valence-electron chi connectivity index (χ3n) is 11.5. The summed E-state index contributed by atoms with van der Waals surface area (Å²) < 4.78 is 34.3. The predicted octanol–water partition coefficient (Wildman–Crippen LogP) is 6.55. The zero-order valence-electron chi connectivity index (χ0n) is 37.7. The summed E-state index contributed by atoms with van der Waals surface area (Å²) in [5, 5.41) is 28.1. The van der Waals surface area contributed by atoms with E-state index in [1.807, 2.05) is 67.7 Å². The molecule has 0 saturated carbocycles. The molecule has 6 atom stereocenters. The van der Waals surface area contributed by atoms with Gasteiger partial charge in [-0.3, -0.25) is 24.0 Å². The van der Waals surface area contributed by atoms with Gasteiger partial charge in [0.25, 0.3) is 11.2 Å². The van der Waals surface area contributed by atoms with E-state index in [-0.39, 0.29) is 28.0 Å². The minimum absolute atomic E-state index is 0.0760. The SMILES string of the molecule is COc1ccc(Cn2c(=O)ccn([C@@H]3OC([C@H](O)[C@H](NC(=O)Nc4ccc([N+](=O)[O-])cc4)C(=O)OC(C)(C)C)[C@@H](O[Si](C)(C)C(C)(C)C)[C@H]3O[Si](C)(C)C(C)(C)C)c2=O)cc1. The van der Waals surface area contributed by atoms with Crippen LogP contribution in [0.15, 0.2) is 70.4 Å². The fourth-order valence-electron chi connectivity index (χ4n) is 6.05. The second-order valence-corrected chi connectivity index (χ2v) is 28.9. The number of amides is 2. The third kappa shape index (κ3) is 11.8. The smallest absolute Gasteiger partial charge is 0.333 e. The molecule has 2 aromatic carbocycles. The second kappa shape index (κ2) is 18.4. The molecule has 3 aromatic rings. The van der Waals surface area contributed by atoms with Gasteiger partial charge in [0.15, 0.2) is 28.9 Å². The molecule has 2 amide bonds. The summed E-state index contributed by atoms with van der Waals surface area (Å²) in [4.78, 5) is 66.1. The normalized spacial score (nSPS) is 19.8. The third-order valence-corrected chi connectivity index (χ3v) is 20.5. The van der Waals surface area contributed by atoms with E-state index in [1.165, 1.54) is 48.2 Å². The lowest BCUT2D eigenvalue weighted by Gasteiger charge is -2.44. The number of nitro benzene ring substituents is 1. The summed E-state index contributed by atoms with van der Waals surface area (Å²) in [6.45, 7) is 25.1. The van der Waals surface area contributed by atoms with Crippen LogP contribution in [0.5, 0.6) is 5.75 Å². The largest absolute Gasteiger partial charge is 0.497 e. The van der Waals surface area contributed by atoms with Crippen molar-refractivity contribution in [2.24, 2.45) is 0 Å². The van der Waals surface area contributed by atoms with Crippen molar-refractivity contribution in [3.63, 3.8) is 0 Å². The molecule has 0 bridgehead atoms. The van der Waals surface area contributed by atoms with Crippen LogP contribution in [0, 0.1) is 10.1 Å². The minimum atomic E-state index is -2.81. The predicted molar refractivity (Wildman–Crippen MR) is 236 cm³/mol. The van der Waals surface area contributed by atoms with Crippen molar-refractivity contribution in [2.75, 3.05) is 12.4 Å². The van der Waals surface area contributed by atoms with Crippen LogP contribution in [0.25, 0.3) is 0 Å². The molecule has 19 heteroatoms. The minimum Gasteiger partial charge on any atom is -0.497 e. The van der Waals surface area contributed by atoms with Gasteiger partial charge in [-0.2, -0.15) is 0 Å². The molecule has 2 heterocycles. The summed E-state index contributed by atoms with van der Waals surface area (Å²) >= 11 is 0. The number of non-ortho nitro benzene ring substituents is 1. The van der Waals surface area contributed by atoms with E-state index in [4.69, 9.17) is 23.1 Å². The van der Waals surface area contributed by atoms with Gasteiger partial charge in [0.1, 0.15) is 35.8 Å². The van der Waals surface area contributed by atoms with Gasteiger partial charge in [0, 0.05) is 30.1 Å². The summed E-state index contributed by atoms with van der Waals surface area (Å²) in [6, 6.07) is 10.5. The maximum Gasteiger partial charge on any atom is 0.333 e. The number of nitro groups is 1. The van der Waals surface area contributed by atoms with Crippen molar-refractivity contribution in [1.82, 2.24) is 14.5 Å². The van der Waals surface area contributed by atoms with Gasteiger partial charge in [-0.05, 0) is 86.9 Å². The Morgan fingerprint density at radius 2 is 1.41 bits per heavy atom. The van der Waals surface area contributed by atoms with Crippen molar-refractivity contribution in [3.8, 4) is 5.75 Å². The van der Waals surface area contributed by atoms with Crippen molar-refractivity contribution in [1.29, 1.82) is 0 Å². The van der Waals surface area contributed by atoms with E-state index in [0.29, 0.717) is 11.3 Å². The Hall–Kier alpha value is -4.67. The van der Waals surface area contributed by atoms with Gasteiger partial charge in [0.05, 0.1) is 18.6 Å². The van der Waals surface area contributed by atoms with Crippen molar-refractivity contribution < 1.29 is 42.7 Å². The first-order valence-corrected chi connectivity index (χ1v) is 26.0. The molecular formula is C42H63N5O12Si2. The number of nitrogens with zero attached hydrogens (tertiary/aromatic N) is 3. The molecule has 17 nitrogen and oxygen atoms in total. The number of aromatic nitrogens is 2. The Balaban J connectivity index is 1.90. The van der Waals surface area contributed by atoms with Crippen LogP contribution < -0.4 is 26.6 Å². The molecule has 0 aliphatic carbocycles. The Morgan fingerprint density at radius 1 is 0.869 bits per heavy atom. The summed E-state index contributed by atoms with van der Waals surface area (Å²) in [5.41, 5.74) is -1.70. The molecule has 0 spiro atoms. The molecule has 4 rings (SSSR count). The van der Waals surface area contributed by atoms with Crippen molar-refractivity contribution in [3.05, 3.63) is 97.3 Å². The molecule has 1 unspecified atom stereocenters. The highest BCUT2D eigenvalue weighted by molar-refractivity contribution is 6.74. The second-order valence-electron chi connectivity index (χ2n) is 19.4. The Labute approximate surface area is 359 Å². The number of rotatable bonds is 14. The van der Waals surface area contributed by atoms with E-state index in [1.54, 1.807) is 45.0 Å². The number of aliphatic hydroxyl groups is 1. The lowest BCUT2D eigenvalue weighted by Crippen LogP contribution is -2.60. The Bertz CT molecular complexity index is 2150. The lowest BCUT2D eigenvalue weighted by atomic mass is 9.99. The number of hydrogen-bond acceptors (Lipinski definition) is 12. The number of carbonyl (C=O) groups is 2. The first kappa shape index (κ1) is 49.0. The first-order chi connectivity index (χ1) is 28.0. The van der Waals surface area contributed by atoms with E-state index in [0.717, 1.165) is 4.57 Å². The Morgan fingerprint density at radius 3 is 1.90 bits per heavy atom. The van der Waals surface area contributed by atoms with Gasteiger partial charge in [-0.1, -0.05) is 53.7 Å². The van der Waals surface area contributed by atoms with Crippen LogP contribution in [0.1, 0.15) is 74.1 Å². The van der Waals surface area contributed by atoms with Crippen LogP contribution >= 0.6 is 0 Å². The first-order valence-electron chi connectivity index (χ1n) is 20.2. The molecular weight excluding hydrogens is 823 g/mol. The number of anilines is 1. The Kier molecular flexibility index (Phi) is 14.7. The quantitative estimate of drug-likeness (QED) is 0.0681. The molecule has 1 aliphatic rings. The molecule has 1 saturated heterocycles. The number of carbonyl (C=O) groups excluding carboxylic acids is 2. The van der Waals surface area contributed by atoms with Crippen LogP contribution in [0.3, 0.4) is 0 Å². The standard InChI is InChI=1S/C42H63N5O12Si2/c1-40(2,3)57-37(50)31(44-38(51)43-27-17-19-28(20-18-27)47(53)54)32(49)33-34(58-60(11,12)41(4,5)6)35(59-61(13,14)42(7,8)9)36(56-33)45-24-23-30(48)46(39(45)52)25-26-15-21-29(55-10)22-16-26/h15-24,31-36,49H,25H2,1-14H3,(H2,43,44,51)/t31-,32+,33?,34+,35+,36+/m0/s1. The highest BCUT2D eigenvalue weighted by Crippen LogP contribution is 2.46.